The van der Waals surface area contributed by atoms with Crippen molar-refractivity contribution in [2.24, 2.45) is 0 Å². The fraction of sp³-hybridized carbons (Fsp3) is 0.316. The molecule has 3 aromatic heterocycles. The highest BCUT2D eigenvalue weighted by Crippen LogP contribution is 2.32. The minimum absolute atomic E-state index is 0.590. The Labute approximate surface area is 153 Å². The summed E-state index contributed by atoms with van der Waals surface area (Å²) in [4.78, 5) is 13.8. The number of fused-ring (bicyclic) bond motifs is 2. The highest BCUT2D eigenvalue weighted by atomic mass is 79.9. The van der Waals surface area contributed by atoms with Gasteiger partial charge in [0.1, 0.15) is 10.3 Å². The van der Waals surface area contributed by atoms with E-state index in [0.717, 1.165) is 27.0 Å². The van der Waals surface area contributed by atoms with E-state index in [2.05, 4.69) is 53.6 Å². The van der Waals surface area contributed by atoms with Gasteiger partial charge in [0.05, 0.1) is 17.4 Å². The van der Waals surface area contributed by atoms with E-state index in [-0.39, 0.29) is 0 Å². The minimum Gasteiger partial charge on any atom is -0.327 e. The molecule has 4 aromatic rings. The molecule has 6 heteroatoms. The minimum atomic E-state index is 0.590. The molecule has 0 unspecified atom stereocenters. The Balaban J connectivity index is 1.62. The van der Waals surface area contributed by atoms with Crippen molar-refractivity contribution in [3.63, 3.8) is 0 Å². The van der Waals surface area contributed by atoms with E-state index >= 15 is 0 Å². The maximum Gasteiger partial charge on any atom is 0.163 e. The number of hydrogen-bond donors (Lipinski definition) is 0. The van der Waals surface area contributed by atoms with Gasteiger partial charge in [0.15, 0.2) is 5.65 Å². The van der Waals surface area contributed by atoms with Gasteiger partial charge in [-0.1, -0.05) is 25.3 Å². The lowest BCUT2D eigenvalue weighted by atomic mass is 9.95. The molecule has 5 rings (SSSR count). The van der Waals surface area contributed by atoms with E-state index in [1.54, 1.807) is 6.20 Å². The molecule has 0 atom stereocenters. The summed E-state index contributed by atoms with van der Waals surface area (Å²) in [5.74, 6) is 0. The maximum atomic E-state index is 4.67. The molecule has 0 radical (unpaired) electrons. The maximum absolute atomic E-state index is 4.67. The molecule has 1 fully saturated rings. The lowest BCUT2D eigenvalue weighted by Crippen LogP contribution is -2.11. The van der Waals surface area contributed by atoms with Crippen LogP contribution in [0.5, 0.6) is 0 Å². The largest absolute Gasteiger partial charge is 0.327 e. The smallest absolute Gasteiger partial charge is 0.163 e. The highest BCUT2D eigenvalue weighted by molar-refractivity contribution is 9.10. The van der Waals surface area contributed by atoms with Gasteiger partial charge < -0.3 is 8.97 Å². The van der Waals surface area contributed by atoms with Crippen molar-refractivity contribution in [3.05, 3.63) is 47.7 Å². The average molecular weight is 396 g/mol. The lowest BCUT2D eigenvalue weighted by Gasteiger charge is -2.23. The number of benzene rings is 1. The van der Waals surface area contributed by atoms with Gasteiger partial charge in [0, 0.05) is 30.2 Å². The monoisotopic (exact) mass is 395 g/mol. The zero-order chi connectivity index (χ0) is 16.8. The first-order valence-corrected chi connectivity index (χ1v) is 9.55. The number of hydrogen-bond acceptors (Lipinski definition) is 3. The van der Waals surface area contributed by atoms with Crippen molar-refractivity contribution in [2.75, 3.05) is 0 Å². The summed E-state index contributed by atoms with van der Waals surface area (Å²) in [7, 11) is 0. The predicted octanol–water partition coefficient (Wildman–Crippen LogP) is 5.01. The van der Waals surface area contributed by atoms with Crippen LogP contribution in [-0.2, 0) is 0 Å². The first-order chi connectivity index (χ1) is 12.3. The lowest BCUT2D eigenvalue weighted by molar-refractivity contribution is 0.359. The molecule has 25 heavy (non-hydrogen) atoms. The Hall–Kier alpha value is -2.21. The Kier molecular flexibility index (Phi) is 3.59. The molecular formula is C19H18BrN5. The third-order valence-electron chi connectivity index (χ3n) is 5.16. The number of aromatic nitrogens is 5. The molecule has 1 saturated carbocycles. The molecule has 0 amide bonds. The SMILES string of the molecule is Brc1cn2ccnc2c(-c2ccc3c(c2)ncn3C2CCCCC2)n1. The topological polar surface area (TPSA) is 48.0 Å². The third kappa shape index (κ3) is 2.56. The quantitative estimate of drug-likeness (QED) is 0.478. The van der Waals surface area contributed by atoms with Crippen molar-refractivity contribution in [1.29, 1.82) is 0 Å². The number of nitrogens with zero attached hydrogens (tertiary/aromatic N) is 5. The van der Waals surface area contributed by atoms with Crippen molar-refractivity contribution in [2.45, 2.75) is 38.1 Å². The predicted molar refractivity (Wildman–Crippen MR) is 102 cm³/mol. The van der Waals surface area contributed by atoms with Crippen molar-refractivity contribution < 1.29 is 0 Å². The highest BCUT2D eigenvalue weighted by Gasteiger charge is 2.18. The first-order valence-electron chi connectivity index (χ1n) is 8.76. The van der Waals surface area contributed by atoms with Crippen LogP contribution >= 0.6 is 15.9 Å². The standard InChI is InChI=1S/C19H18BrN5/c20-17-11-24-9-8-21-19(24)18(23-17)13-6-7-16-15(10-13)22-12-25(16)14-4-2-1-3-5-14/h6-12,14H,1-5H2. The van der Waals surface area contributed by atoms with Gasteiger partial charge in [0.25, 0.3) is 0 Å². The van der Waals surface area contributed by atoms with Crippen LogP contribution in [0.3, 0.4) is 0 Å². The molecule has 1 aliphatic rings. The second-order valence-corrected chi connectivity index (χ2v) is 7.53. The molecule has 126 valence electrons. The second kappa shape index (κ2) is 5.95. The normalized spacial score (nSPS) is 16.0. The zero-order valence-corrected chi connectivity index (χ0v) is 15.4. The van der Waals surface area contributed by atoms with Crippen LogP contribution in [0.15, 0.2) is 47.7 Å². The van der Waals surface area contributed by atoms with Gasteiger partial charge in [0.2, 0.25) is 0 Å². The summed E-state index contributed by atoms with van der Waals surface area (Å²) in [5, 5.41) is 0. The molecule has 1 aliphatic carbocycles. The molecule has 3 heterocycles. The van der Waals surface area contributed by atoms with Crippen LogP contribution in [0, 0.1) is 0 Å². The molecule has 5 nitrogen and oxygen atoms in total. The second-order valence-electron chi connectivity index (χ2n) is 6.72. The Morgan fingerprint density at radius 1 is 1.08 bits per heavy atom. The Bertz CT molecular complexity index is 1060. The molecule has 1 aromatic carbocycles. The van der Waals surface area contributed by atoms with Crippen LogP contribution in [0.4, 0.5) is 0 Å². The van der Waals surface area contributed by atoms with Crippen LogP contribution in [-0.4, -0.2) is 23.9 Å². The van der Waals surface area contributed by atoms with Crippen molar-refractivity contribution in [3.8, 4) is 11.3 Å². The van der Waals surface area contributed by atoms with Gasteiger partial charge in [-0.15, -0.1) is 0 Å². The van der Waals surface area contributed by atoms with Crippen LogP contribution in [0.1, 0.15) is 38.1 Å². The van der Waals surface area contributed by atoms with Gasteiger partial charge in [-0.25, -0.2) is 15.0 Å². The van der Waals surface area contributed by atoms with Gasteiger partial charge in [-0.3, -0.25) is 0 Å². The average Bonchev–Trinajstić information content (AvgIpc) is 3.27. The number of imidazole rings is 2. The van der Waals surface area contributed by atoms with E-state index in [0.29, 0.717) is 6.04 Å². The Morgan fingerprint density at radius 2 is 1.96 bits per heavy atom. The van der Waals surface area contributed by atoms with E-state index in [4.69, 9.17) is 0 Å². The zero-order valence-electron chi connectivity index (χ0n) is 13.8. The number of halogens is 1. The summed E-state index contributed by atoms with van der Waals surface area (Å²) >= 11 is 3.49. The fourth-order valence-electron chi connectivity index (χ4n) is 3.92. The summed E-state index contributed by atoms with van der Waals surface area (Å²) in [6, 6.07) is 7.02. The summed E-state index contributed by atoms with van der Waals surface area (Å²) in [6.45, 7) is 0. The van der Waals surface area contributed by atoms with Crippen molar-refractivity contribution >= 4 is 32.6 Å². The first kappa shape index (κ1) is 15.1. The van der Waals surface area contributed by atoms with Gasteiger partial charge in [-0.05, 0) is 40.9 Å². The van der Waals surface area contributed by atoms with Crippen LogP contribution in [0.2, 0.25) is 0 Å². The van der Waals surface area contributed by atoms with Crippen LogP contribution < -0.4 is 0 Å². The summed E-state index contributed by atoms with van der Waals surface area (Å²) < 4.78 is 5.13. The molecule has 0 spiro atoms. The van der Waals surface area contributed by atoms with E-state index in [9.17, 15) is 0 Å². The van der Waals surface area contributed by atoms with E-state index in [1.807, 2.05) is 23.1 Å². The molecule has 0 N–H and O–H groups in total. The van der Waals surface area contributed by atoms with Crippen molar-refractivity contribution in [1.82, 2.24) is 23.9 Å². The third-order valence-corrected chi connectivity index (χ3v) is 5.54. The Morgan fingerprint density at radius 3 is 2.84 bits per heavy atom. The van der Waals surface area contributed by atoms with Gasteiger partial charge >= 0.3 is 0 Å². The van der Waals surface area contributed by atoms with E-state index in [1.165, 1.54) is 37.6 Å². The number of rotatable bonds is 2. The molecule has 0 aliphatic heterocycles. The molecule has 0 bridgehead atoms. The van der Waals surface area contributed by atoms with Gasteiger partial charge in [-0.2, -0.15) is 0 Å². The van der Waals surface area contributed by atoms with Crippen LogP contribution in [0.25, 0.3) is 27.9 Å². The summed E-state index contributed by atoms with van der Waals surface area (Å²) in [5.41, 5.74) is 5.00. The fourth-order valence-corrected chi connectivity index (χ4v) is 4.32. The van der Waals surface area contributed by atoms with E-state index < -0.39 is 0 Å². The summed E-state index contributed by atoms with van der Waals surface area (Å²) in [6.07, 6.45) is 14.2. The molecule has 0 saturated heterocycles. The molecular weight excluding hydrogens is 378 g/mol.